The topological polar surface area (TPSA) is 91.3 Å². The molecule has 7 nitrogen and oxygen atoms in total. The molecule has 0 saturated heterocycles. The minimum Gasteiger partial charge on any atom is -0.497 e. The Morgan fingerprint density at radius 2 is 1.54 bits per heavy atom. The molecule has 1 heterocycles. The lowest BCUT2D eigenvalue weighted by atomic mass is 9.62. The highest BCUT2D eigenvalue weighted by Crippen LogP contribution is 2.48. The fourth-order valence-electron chi connectivity index (χ4n) is 5.15. The van der Waals surface area contributed by atoms with E-state index in [0.29, 0.717) is 39.7 Å². The van der Waals surface area contributed by atoms with Crippen LogP contribution < -0.4 is 4.74 Å². The monoisotopic (exact) mass is 495 g/mol. The van der Waals surface area contributed by atoms with Crippen LogP contribution in [0.15, 0.2) is 64.8 Å². The number of carbonyl (C=O) groups excluding carboxylic acids is 3. The van der Waals surface area contributed by atoms with Crippen molar-refractivity contribution < 1.29 is 28.6 Å². The van der Waals surface area contributed by atoms with Crippen molar-refractivity contribution in [2.45, 2.75) is 25.2 Å². The van der Waals surface area contributed by atoms with Gasteiger partial charge in [-0.05, 0) is 48.7 Å². The first kappa shape index (κ1) is 24.7. The van der Waals surface area contributed by atoms with E-state index in [9.17, 15) is 14.4 Å². The third kappa shape index (κ3) is 4.48. The SMILES string of the molecule is COC(=O)C1=C(C)N=C2CC(c3ccc(OC)cc3)C(C(=O)OC)C(=O)C2C1c1ccc(Cl)cc1. The highest BCUT2D eigenvalue weighted by atomic mass is 35.5. The van der Waals surface area contributed by atoms with Gasteiger partial charge in [-0.1, -0.05) is 35.9 Å². The number of nitrogens with zero attached hydrogens (tertiary/aromatic N) is 1. The number of aliphatic imine (C=N–C) groups is 1. The Morgan fingerprint density at radius 1 is 0.914 bits per heavy atom. The molecule has 2 aromatic carbocycles. The first-order valence-corrected chi connectivity index (χ1v) is 11.6. The number of Topliss-reactive ketones (excluding diaryl/α,β-unsaturated/α-hetero) is 1. The van der Waals surface area contributed by atoms with Gasteiger partial charge in [0.1, 0.15) is 11.7 Å². The Labute approximate surface area is 208 Å². The highest BCUT2D eigenvalue weighted by molar-refractivity contribution is 6.30. The molecule has 1 aliphatic carbocycles. The molecule has 8 heteroatoms. The molecule has 2 aromatic rings. The van der Waals surface area contributed by atoms with E-state index in [0.717, 1.165) is 5.56 Å². The van der Waals surface area contributed by atoms with E-state index in [2.05, 4.69) is 0 Å². The van der Waals surface area contributed by atoms with E-state index in [4.69, 9.17) is 30.8 Å². The van der Waals surface area contributed by atoms with Gasteiger partial charge >= 0.3 is 11.9 Å². The van der Waals surface area contributed by atoms with Crippen LogP contribution in [0.4, 0.5) is 0 Å². The molecule has 0 aromatic heterocycles. The van der Waals surface area contributed by atoms with E-state index < -0.39 is 35.6 Å². The van der Waals surface area contributed by atoms with Crippen molar-refractivity contribution >= 4 is 35.0 Å². The molecular weight excluding hydrogens is 470 g/mol. The quantitative estimate of drug-likeness (QED) is 0.448. The van der Waals surface area contributed by atoms with Crippen LogP contribution in [0.1, 0.15) is 36.3 Å². The lowest BCUT2D eigenvalue weighted by Gasteiger charge is -2.41. The van der Waals surface area contributed by atoms with Crippen molar-refractivity contribution in [2.75, 3.05) is 21.3 Å². The lowest BCUT2D eigenvalue weighted by Crippen LogP contribution is -2.48. The van der Waals surface area contributed by atoms with Gasteiger partial charge in [0.25, 0.3) is 0 Å². The molecule has 0 spiro atoms. The van der Waals surface area contributed by atoms with Crippen molar-refractivity contribution in [2.24, 2.45) is 16.8 Å². The summed E-state index contributed by atoms with van der Waals surface area (Å²) < 4.78 is 15.4. The lowest BCUT2D eigenvalue weighted by molar-refractivity contribution is -0.151. The number of esters is 2. The number of rotatable bonds is 5. The summed E-state index contributed by atoms with van der Waals surface area (Å²) in [6.07, 6.45) is 0.360. The van der Waals surface area contributed by atoms with Gasteiger partial charge in [0.15, 0.2) is 5.78 Å². The van der Waals surface area contributed by atoms with E-state index in [1.807, 2.05) is 12.1 Å². The summed E-state index contributed by atoms with van der Waals surface area (Å²) in [4.78, 5) is 44.6. The van der Waals surface area contributed by atoms with Crippen molar-refractivity contribution in [1.29, 1.82) is 0 Å². The second kappa shape index (κ2) is 10.0. The number of hydrogen-bond acceptors (Lipinski definition) is 7. The van der Waals surface area contributed by atoms with Gasteiger partial charge in [-0.15, -0.1) is 0 Å². The predicted molar refractivity (Wildman–Crippen MR) is 131 cm³/mol. The third-order valence-corrected chi connectivity index (χ3v) is 7.03. The Kier molecular flexibility index (Phi) is 7.08. The summed E-state index contributed by atoms with van der Waals surface area (Å²) in [5.74, 6) is -3.84. The van der Waals surface area contributed by atoms with Gasteiger partial charge in [-0.2, -0.15) is 0 Å². The molecule has 2 aliphatic rings. The maximum atomic E-state index is 14.1. The Morgan fingerprint density at radius 3 is 2.11 bits per heavy atom. The molecule has 0 bridgehead atoms. The van der Waals surface area contributed by atoms with E-state index in [1.165, 1.54) is 14.2 Å². The summed E-state index contributed by atoms with van der Waals surface area (Å²) in [6, 6.07) is 14.2. The number of ether oxygens (including phenoxy) is 3. The zero-order valence-electron chi connectivity index (χ0n) is 19.9. The molecule has 0 amide bonds. The van der Waals surface area contributed by atoms with Crippen LogP contribution in [0.2, 0.25) is 5.02 Å². The number of carbonyl (C=O) groups is 3. The number of fused-ring (bicyclic) bond motifs is 1. The summed E-state index contributed by atoms with van der Waals surface area (Å²) in [5, 5.41) is 0.528. The van der Waals surface area contributed by atoms with Crippen LogP contribution >= 0.6 is 11.6 Å². The second-order valence-corrected chi connectivity index (χ2v) is 9.02. The van der Waals surface area contributed by atoms with Gasteiger partial charge in [0.2, 0.25) is 0 Å². The predicted octanol–water partition coefficient (Wildman–Crippen LogP) is 4.50. The average molecular weight is 496 g/mol. The zero-order valence-corrected chi connectivity index (χ0v) is 20.7. The van der Waals surface area contributed by atoms with Crippen LogP contribution in [0.3, 0.4) is 0 Å². The number of allylic oxidation sites excluding steroid dienone is 1. The molecule has 0 radical (unpaired) electrons. The van der Waals surface area contributed by atoms with Crippen molar-refractivity contribution in [3.05, 3.63) is 76.0 Å². The van der Waals surface area contributed by atoms with Gasteiger partial charge in [-0.3, -0.25) is 14.6 Å². The normalized spacial score (nSPS) is 23.8. The summed E-state index contributed by atoms with van der Waals surface area (Å²) in [6.45, 7) is 1.73. The Bertz CT molecular complexity index is 1220. The molecule has 4 rings (SSSR count). The van der Waals surface area contributed by atoms with E-state index in [1.54, 1.807) is 50.4 Å². The minimum absolute atomic E-state index is 0.295. The van der Waals surface area contributed by atoms with Gasteiger partial charge < -0.3 is 14.2 Å². The molecular formula is C27H26ClNO6. The van der Waals surface area contributed by atoms with E-state index in [-0.39, 0.29) is 5.78 Å². The first-order chi connectivity index (χ1) is 16.8. The number of benzene rings is 2. The standard InChI is InChI=1S/C27H26ClNO6/c1-14-21(26(31)34-3)22(16-5-9-17(28)10-6-16)24-20(29-14)13-19(23(25(24)30)27(32)35-4)15-7-11-18(33-2)12-8-15/h5-12,19,22-24H,13H2,1-4H3. The molecule has 4 unspecified atom stereocenters. The minimum atomic E-state index is -1.05. The number of hydrogen-bond donors (Lipinski definition) is 0. The number of ketones is 1. The fraction of sp³-hybridized carbons (Fsp3) is 0.333. The van der Waals surface area contributed by atoms with Crippen LogP contribution in [0.5, 0.6) is 5.75 Å². The first-order valence-electron chi connectivity index (χ1n) is 11.2. The maximum Gasteiger partial charge on any atom is 0.336 e. The zero-order chi connectivity index (χ0) is 25.3. The summed E-state index contributed by atoms with van der Waals surface area (Å²) >= 11 is 6.10. The summed E-state index contributed by atoms with van der Waals surface area (Å²) in [5.41, 5.74) is 2.93. The molecule has 1 aliphatic heterocycles. The number of methoxy groups -OCH3 is 3. The van der Waals surface area contributed by atoms with Crippen molar-refractivity contribution in [1.82, 2.24) is 0 Å². The average Bonchev–Trinajstić information content (AvgIpc) is 2.87. The van der Waals surface area contributed by atoms with Gasteiger partial charge in [-0.25, -0.2) is 4.79 Å². The van der Waals surface area contributed by atoms with Gasteiger partial charge in [0, 0.05) is 28.3 Å². The van der Waals surface area contributed by atoms with Crippen LogP contribution in [-0.2, 0) is 23.9 Å². The smallest absolute Gasteiger partial charge is 0.336 e. The molecule has 0 N–H and O–H groups in total. The van der Waals surface area contributed by atoms with Gasteiger partial charge in [0.05, 0.1) is 32.8 Å². The molecule has 35 heavy (non-hydrogen) atoms. The fourth-order valence-corrected chi connectivity index (χ4v) is 5.27. The Balaban J connectivity index is 1.87. The summed E-state index contributed by atoms with van der Waals surface area (Å²) in [7, 11) is 4.13. The van der Waals surface area contributed by atoms with Crippen LogP contribution in [0, 0.1) is 11.8 Å². The molecule has 1 fully saturated rings. The van der Waals surface area contributed by atoms with E-state index >= 15 is 0 Å². The third-order valence-electron chi connectivity index (χ3n) is 6.78. The Hall–Kier alpha value is -3.45. The van der Waals surface area contributed by atoms with Crippen molar-refractivity contribution in [3.8, 4) is 5.75 Å². The van der Waals surface area contributed by atoms with Crippen molar-refractivity contribution in [3.63, 3.8) is 0 Å². The number of halogens is 1. The van der Waals surface area contributed by atoms with Crippen LogP contribution in [-0.4, -0.2) is 44.8 Å². The van der Waals surface area contributed by atoms with Crippen LogP contribution in [0.25, 0.3) is 0 Å². The maximum absolute atomic E-state index is 14.1. The molecule has 4 atom stereocenters. The molecule has 1 saturated carbocycles. The second-order valence-electron chi connectivity index (χ2n) is 8.59. The largest absolute Gasteiger partial charge is 0.497 e. The highest BCUT2D eigenvalue weighted by Gasteiger charge is 2.52. The molecule has 182 valence electrons.